The molecule has 2 aromatic carbocycles. The number of aromatic nitrogens is 6. The fourth-order valence-corrected chi connectivity index (χ4v) is 5.03. The predicted octanol–water partition coefficient (Wildman–Crippen LogP) is 2.70. The first-order valence-electron chi connectivity index (χ1n) is 12.4. The molecule has 2 aromatic heterocycles. The molecule has 3 heterocycles. The molecule has 10 nitrogen and oxygen atoms in total. The van der Waals surface area contributed by atoms with E-state index in [0.29, 0.717) is 25.3 Å². The molecular weight excluding hydrogens is 493 g/mol. The molecule has 11 heteroatoms. The van der Waals surface area contributed by atoms with Gasteiger partial charge in [-0.25, -0.2) is 14.9 Å². The number of hydrogen-bond acceptors (Lipinski definition) is 7. The van der Waals surface area contributed by atoms with Crippen LogP contribution in [0.1, 0.15) is 49.1 Å². The number of esters is 1. The van der Waals surface area contributed by atoms with Gasteiger partial charge in [-0.15, -0.1) is 5.10 Å². The second-order valence-corrected chi connectivity index (χ2v) is 9.08. The number of ether oxygens (including phenoxy) is 1. The molecule has 192 valence electrons. The Morgan fingerprint density at radius 2 is 1.84 bits per heavy atom. The summed E-state index contributed by atoms with van der Waals surface area (Å²) in [6.45, 7) is 4.57. The third-order valence-corrected chi connectivity index (χ3v) is 6.76. The molecule has 1 N–H and O–H groups in total. The number of nitrogens with zero attached hydrogens (tertiary/aromatic N) is 6. The molecule has 0 fully saturated rings. The van der Waals surface area contributed by atoms with Crippen LogP contribution in [0.4, 0.5) is 0 Å². The van der Waals surface area contributed by atoms with Gasteiger partial charge in [0, 0.05) is 38.4 Å². The number of tetrazole rings is 1. The van der Waals surface area contributed by atoms with Gasteiger partial charge in [0.2, 0.25) is 5.91 Å². The molecule has 4 aromatic rings. The Hall–Kier alpha value is -3.34. The van der Waals surface area contributed by atoms with E-state index >= 15 is 0 Å². The quantitative estimate of drug-likeness (QED) is 0.292. The van der Waals surface area contributed by atoms with Crippen LogP contribution < -0.4 is 0 Å². The van der Waals surface area contributed by atoms with Crippen LogP contribution in [-0.4, -0.2) is 90.2 Å². The minimum absolute atomic E-state index is 0. The van der Waals surface area contributed by atoms with E-state index in [1.807, 2.05) is 24.3 Å². The number of hydrogen-bond donors (Lipinski definition) is 1. The van der Waals surface area contributed by atoms with Gasteiger partial charge in [-0.1, -0.05) is 55.5 Å². The molecule has 0 radical (unpaired) electrons. The molecule has 1 unspecified atom stereocenters. The summed E-state index contributed by atoms with van der Waals surface area (Å²) >= 11 is 0. The second kappa shape index (κ2) is 12.0. The number of benzene rings is 2. The Morgan fingerprint density at radius 3 is 2.47 bits per heavy atom. The first kappa shape index (κ1) is 27.7. The number of aromatic amines is 1. The third-order valence-electron chi connectivity index (χ3n) is 6.76. The Bertz CT molecular complexity index is 1420. The summed E-state index contributed by atoms with van der Waals surface area (Å²) in [5.74, 6) is 0.918. The van der Waals surface area contributed by atoms with E-state index < -0.39 is 12.0 Å². The Balaban J connectivity index is 0.00000336. The second-order valence-electron chi connectivity index (χ2n) is 9.08. The average molecular weight is 524 g/mol. The predicted molar refractivity (Wildman–Crippen MR) is 143 cm³/mol. The molecule has 1 aliphatic rings. The zero-order valence-corrected chi connectivity index (χ0v) is 21.1. The molecule has 0 saturated heterocycles. The maximum absolute atomic E-state index is 12.9. The number of H-pyrrole nitrogens is 1. The van der Waals surface area contributed by atoms with Gasteiger partial charge in [-0.2, -0.15) is 0 Å². The van der Waals surface area contributed by atoms with Crippen molar-refractivity contribution < 1.29 is 14.3 Å². The zero-order chi connectivity index (χ0) is 25.9. The number of amides is 1. The molecule has 38 heavy (non-hydrogen) atoms. The molecule has 0 bridgehead atoms. The number of fused-ring (bicyclic) bond motifs is 1. The van der Waals surface area contributed by atoms with Crippen molar-refractivity contribution in [3.8, 4) is 22.5 Å². The normalized spacial score (nSPS) is 14.5. The van der Waals surface area contributed by atoms with Crippen molar-refractivity contribution in [2.45, 2.75) is 45.7 Å². The third kappa shape index (κ3) is 5.29. The fourth-order valence-electron chi connectivity index (χ4n) is 5.03. The first-order chi connectivity index (χ1) is 18.0. The van der Waals surface area contributed by atoms with E-state index in [1.54, 1.807) is 4.90 Å². The van der Waals surface area contributed by atoms with Crippen LogP contribution in [0, 0.1) is 0 Å². The molecular formula is C27H30N7NaO3. The standard InChI is InChI=1S/C27H29N7O3.Na.H/c1-4-7-23-28-22-14-15-33(17(2)35)25(27(36)37-3)24(22)34(23)16-18-10-12-19(13-11-18)20-8-5-6-9-21(20)26-29-31-32-30-26;;/h5-6,8-13,25H,4,7,14-16H2,1-3H3,(H,29,30,31,32);;. The number of nitrogens with one attached hydrogen (secondary N) is 1. The summed E-state index contributed by atoms with van der Waals surface area (Å²) in [4.78, 5) is 31.8. The summed E-state index contributed by atoms with van der Waals surface area (Å²) in [6.07, 6.45) is 2.30. The number of imidazole rings is 1. The van der Waals surface area contributed by atoms with E-state index in [2.05, 4.69) is 56.4 Å². The van der Waals surface area contributed by atoms with Gasteiger partial charge in [0.25, 0.3) is 0 Å². The molecule has 0 saturated carbocycles. The maximum atomic E-state index is 12.9. The Labute approximate surface area is 243 Å². The van der Waals surface area contributed by atoms with Crippen molar-refractivity contribution >= 4 is 41.4 Å². The number of methoxy groups -OCH3 is 1. The van der Waals surface area contributed by atoms with Gasteiger partial charge in [0.1, 0.15) is 5.82 Å². The summed E-state index contributed by atoms with van der Waals surface area (Å²) in [6, 6.07) is 15.4. The van der Waals surface area contributed by atoms with Gasteiger partial charge in [0.15, 0.2) is 11.9 Å². The number of carbonyl (C=O) groups excluding carboxylic acids is 2. The van der Waals surface area contributed by atoms with Gasteiger partial charge >= 0.3 is 35.5 Å². The van der Waals surface area contributed by atoms with Crippen molar-refractivity contribution in [1.29, 1.82) is 0 Å². The molecule has 0 spiro atoms. The van der Waals surface area contributed by atoms with Gasteiger partial charge in [-0.05, 0) is 33.5 Å². The summed E-state index contributed by atoms with van der Waals surface area (Å²) < 4.78 is 7.21. The monoisotopic (exact) mass is 523 g/mol. The van der Waals surface area contributed by atoms with Crippen LogP contribution in [-0.2, 0) is 33.7 Å². The number of carbonyl (C=O) groups is 2. The van der Waals surface area contributed by atoms with Gasteiger partial charge in [-0.3, -0.25) is 4.79 Å². The van der Waals surface area contributed by atoms with Gasteiger partial charge in [0.05, 0.1) is 18.5 Å². The topological polar surface area (TPSA) is 119 Å². The molecule has 1 aliphatic heterocycles. The van der Waals surface area contributed by atoms with Crippen molar-refractivity contribution in [2.75, 3.05) is 13.7 Å². The van der Waals surface area contributed by atoms with Crippen molar-refractivity contribution in [3.05, 3.63) is 71.3 Å². The van der Waals surface area contributed by atoms with Crippen LogP contribution in [0.2, 0.25) is 0 Å². The minimum atomic E-state index is -0.800. The molecule has 1 atom stereocenters. The Kier molecular flexibility index (Phi) is 8.76. The molecule has 0 aliphatic carbocycles. The number of rotatable bonds is 7. The Morgan fingerprint density at radius 1 is 1.11 bits per heavy atom. The van der Waals surface area contributed by atoms with Crippen LogP contribution in [0.15, 0.2) is 48.5 Å². The first-order valence-corrected chi connectivity index (χ1v) is 12.4. The SMILES string of the molecule is CCCc1nc2c(n1Cc1ccc(-c3ccccc3-c3nnn[nH]3)cc1)C(C(=O)OC)N(C(C)=O)CC2.[NaH]. The van der Waals surface area contributed by atoms with Crippen molar-refractivity contribution in [2.24, 2.45) is 0 Å². The zero-order valence-electron chi connectivity index (χ0n) is 21.1. The van der Waals surface area contributed by atoms with Crippen LogP contribution in [0.3, 0.4) is 0 Å². The average Bonchev–Trinajstić information content (AvgIpc) is 3.57. The van der Waals surface area contributed by atoms with Crippen LogP contribution in [0.5, 0.6) is 0 Å². The number of aryl methyl sites for hydroxylation is 1. The summed E-state index contributed by atoms with van der Waals surface area (Å²) in [5, 5.41) is 14.3. The molecule has 1 amide bonds. The van der Waals surface area contributed by atoms with Crippen molar-refractivity contribution in [3.63, 3.8) is 0 Å². The van der Waals surface area contributed by atoms with Crippen LogP contribution in [0.25, 0.3) is 22.5 Å². The van der Waals surface area contributed by atoms with E-state index in [1.165, 1.54) is 14.0 Å². The van der Waals surface area contributed by atoms with E-state index in [4.69, 9.17) is 9.72 Å². The summed E-state index contributed by atoms with van der Waals surface area (Å²) in [5.41, 5.74) is 5.64. The molecule has 5 rings (SSSR count). The van der Waals surface area contributed by atoms with E-state index in [-0.39, 0.29) is 35.5 Å². The van der Waals surface area contributed by atoms with E-state index in [0.717, 1.165) is 52.3 Å². The van der Waals surface area contributed by atoms with Crippen molar-refractivity contribution in [1.82, 2.24) is 35.1 Å². The van der Waals surface area contributed by atoms with Crippen LogP contribution >= 0.6 is 0 Å². The fraction of sp³-hybridized carbons (Fsp3) is 0.333. The van der Waals surface area contributed by atoms with Gasteiger partial charge < -0.3 is 14.2 Å². The van der Waals surface area contributed by atoms with E-state index in [9.17, 15) is 9.59 Å². The summed E-state index contributed by atoms with van der Waals surface area (Å²) in [7, 11) is 1.36.